The van der Waals surface area contributed by atoms with Crippen LogP contribution < -0.4 is 5.32 Å². The molecule has 2 N–H and O–H groups in total. The summed E-state index contributed by atoms with van der Waals surface area (Å²) in [6.07, 6.45) is 2.27. The number of carbonyl (C=O) groups is 3. The number of carboxylic acid groups (broad SMARTS) is 1. The molecule has 0 unspecified atom stereocenters. The van der Waals surface area contributed by atoms with Crippen molar-refractivity contribution in [1.29, 1.82) is 0 Å². The lowest BCUT2D eigenvalue weighted by Crippen LogP contribution is -2.42. The van der Waals surface area contributed by atoms with Crippen LogP contribution in [0.15, 0.2) is 0 Å². The molecule has 0 aliphatic heterocycles. The Morgan fingerprint density at radius 2 is 1.68 bits per heavy atom. The number of hydrogen-bond donors (Lipinski definition) is 2. The van der Waals surface area contributed by atoms with E-state index >= 15 is 0 Å². The lowest BCUT2D eigenvalue weighted by atomic mass is 9.81. The van der Waals surface area contributed by atoms with Gasteiger partial charge in [-0.15, -0.1) is 0 Å². The Morgan fingerprint density at radius 3 is 2.16 bits per heavy atom. The highest BCUT2D eigenvalue weighted by molar-refractivity contribution is 5.85. The van der Waals surface area contributed by atoms with Gasteiger partial charge >= 0.3 is 5.97 Å². The van der Waals surface area contributed by atoms with Gasteiger partial charge in [-0.05, 0) is 32.6 Å². The summed E-state index contributed by atoms with van der Waals surface area (Å²) in [5.74, 6) is -1.47. The molecule has 0 saturated heterocycles. The number of rotatable bonds is 5. The largest absolute Gasteiger partial charge is 0.481 e. The average Bonchev–Trinajstić information content (AvgIpc) is 2.38. The van der Waals surface area contributed by atoms with Gasteiger partial charge in [0.15, 0.2) is 0 Å². The zero-order valence-electron chi connectivity index (χ0n) is 11.5. The number of aliphatic carboxylic acids is 1. The van der Waals surface area contributed by atoms with Crippen molar-refractivity contribution in [3.8, 4) is 0 Å². The van der Waals surface area contributed by atoms with Gasteiger partial charge in [0.05, 0.1) is 12.5 Å². The number of amides is 2. The molecule has 19 heavy (non-hydrogen) atoms. The summed E-state index contributed by atoms with van der Waals surface area (Å²) < 4.78 is 0. The third-order valence-corrected chi connectivity index (χ3v) is 3.56. The van der Waals surface area contributed by atoms with E-state index in [1.807, 2.05) is 6.92 Å². The molecule has 0 radical (unpaired) electrons. The van der Waals surface area contributed by atoms with E-state index in [2.05, 4.69) is 5.32 Å². The summed E-state index contributed by atoms with van der Waals surface area (Å²) in [4.78, 5) is 35.8. The Kier molecular flexibility index (Phi) is 5.79. The van der Waals surface area contributed by atoms with Gasteiger partial charge in [-0.1, -0.05) is 0 Å². The predicted octanol–water partition coefficient (Wildman–Crippen LogP) is 0.472. The van der Waals surface area contributed by atoms with Crippen LogP contribution in [0.5, 0.6) is 0 Å². The highest BCUT2D eigenvalue weighted by Gasteiger charge is 2.31. The molecule has 1 saturated carbocycles. The van der Waals surface area contributed by atoms with E-state index in [1.165, 1.54) is 4.90 Å². The summed E-state index contributed by atoms with van der Waals surface area (Å²) in [6, 6.07) is 0. The summed E-state index contributed by atoms with van der Waals surface area (Å²) in [6.45, 7) is 2.43. The molecule has 6 nitrogen and oxygen atoms in total. The molecule has 6 heteroatoms. The smallest absolute Gasteiger partial charge is 0.306 e. The molecule has 0 atom stereocenters. The second kappa shape index (κ2) is 7.11. The monoisotopic (exact) mass is 270 g/mol. The van der Waals surface area contributed by atoms with Crippen molar-refractivity contribution in [2.24, 2.45) is 11.8 Å². The second-order valence-corrected chi connectivity index (χ2v) is 5.03. The van der Waals surface area contributed by atoms with E-state index < -0.39 is 5.97 Å². The van der Waals surface area contributed by atoms with Gasteiger partial charge in [0.2, 0.25) is 11.8 Å². The first-order valence-corrected chi connectivity index (χ1v) is 6.70. The van der Waals surface area contributed by atoms with Crippen molar-refractivity contribution in [2.45, 2.75) is 32.6 Å². The van der Waals surface area contributed by atoms with E-state index in [0.717, 1.165) is 0 Å². The molecule has 108 valence electrons. The Bertz CT molecular complexity index is 349. The molecule has 0 bridgehead atoms. The third kappa shape index (κ3) is 4.54. The van der Waals surface area contributed by atoms with Gasteiger partial charge < -0.3 is 15.3 Å². The molecule has 0 aromatic rings. The third-order valence-electron chi connectivity index (χ3n) is 3.56. The molecular weight excluding hydrogens is 248 g/mol. The van der Waals surface area contributed by atoms with E-state index in [1.54, 1.807) is 7.05 Å². The van der Waals surface area contributed by atoms with Crippen molar-refractivity contribution >= 4 is 17.8 Å². The molecule has 0 spiro atoms. The van der Waals surface area contributed by atoms with Crippen LogP contribution in [-0.2, 0) is 14.4 Å². The Balaban J connectivity index is 2.42. The first-order chi connectivity index (χ1) is 8.95. The molecule has 2 amide bonds. The van der Waals surface area contributed by atoms with Crippen molar-refractivity contribution in [3.63, 3.8) is 0 Å². The maximum atomic E-state index is 12.1. The van der Waals surface area contributed by atoms with Crippen molar-refractivity contribution in [2.75, 3.05) is 20.1 Å². The van der Waals surface area contributed by atoms with Crippen LogP contribution >= 0.6 is 0 Å². The summed E-state index contributed by atoms with van der Waals surface area (Å²) in [5, 5.41) is 11.5. The minimum Gasteiger partial charge on any atom is -0.481 e. The van der Waals surface area contributed by atoms with Gasteiger partial charge in [0.1, 0.15) is 0 Å². The second-order valence-electron chi connectivity index (χ2n) is 5.03. The maximum absolute atomic E-state index is 12.1. The number of nitrogens with one attached hydrogen (secondary N) is 1. The fourth-order valence-corrected chi connectivity index (χ4v) is 2.45. The first kappa shape index (κ1) is 15.5. The number of hydrogen-bond acceptors (Lipinski definition) is 3. The van der Waals surface area contributed by atoms with Crippen LogP contribution in [0.25, 0.3) is 0 Å². The van der Waals surface area contributed by atoms with E-state index in [4.69, 9.17) is 5.11 Å². The van der Waals surface area contributed by atoms with Gasteiger partial charge in [0.25, 0.3) is 0 Å². The highest BCUT2D eigenvalue weighted by Crippen LogP contribution is 2.29. The molecule has 1 aliphatic carbocycles. The molecule has 1 fully saturated rings. The van der Waals surface area contributed by atoms with Gasteiger partial charge in [-0.25, -0.2) is 0 Å². The molecule has 0 heterocycles. The zero-order chi connectivity index (χ0) is 14.4. The summed E-state index contributed by atoms with van der Waals surface area (Å²) in [7, 11) is 1.61. The average molecular weight is 270 g/mol. The fourth-order valence-electron chi connectivity index (χ4n) is 2.45. The van der Waals surface area contributed by atoms with Gasteiger partial charge in [0, 0.05) is 19.5 Å². The topological polar surface area (TPSA) is 86.7 Å². The Hall–Kier alpha value is -1.59. The van der Waals surface area contributed by atoms with Crippen LogP contribution in [0, 0.1) is 11.8 Å². The minimum absolute atomic E-state index is 0.0601. The van der Waals surface area contributed by atoms with Gasteiger partial charge in [-0.2, -0.15) is 0 Å². The van der Waals surface area contributed by atoms with Crippen LogP contribution in [0.2, 0.25) is 0 Å². The summed E-state index contributed by atoms with van der Waals surface area (Å²) >= 11 is 0. The quantitative estimate of drug-likeness (QED) is 0.760. The fraction of sp³-hybridized carbons (Fsp3) is 0.769. The van der Waals surface area contributed by atoms with Crippen molar-refractivity contribution < 1.29 is 19.5 Å². The predicted molar refractivity (Wildman–Crippen MR) is 69.4 cm³/mol. The molecule has 0 aromatic carbocycles. The summed E-state index contributed by atoms with van der Waals surface area (Å²) in [5.41, 5.74) is 0. The van der Waals surface area contributed by atoms with E-state index in [0.29, 0.717) is 32.2 Å². The van der Waals surface area contributed by atoms with Crippen LogP contribution in [0.3, 0.4) is 0 Å². The Labute approximate surface area is 113 Å². The number of carbonyl (C=O) groups excluding carboxylic acids is 2. The number of likely N-dealkylation sites (N-methyl/N-ethyl adjacent to an activating group) is 2. The van der Waals surface area contributed by atoms with Gasteiger partial charge in [-0.3, -0.25) is 14.4 Å². The maximum Gasteiger partial charge on any atom is 0.306 e. The highest BCUT2D eigenvalue weighted by atomic mass is 16.4. The van der Waals surface area contributed by atoms with Crippen LogP contribution in [0.1, 0.15) is 32.6 Å². The standard InChI is InChI=1S/C13H22N2O4/c1-3-14-11(16)8-15(2)12(17)9-4-6-10(7-5-9)13(18)19/h9-10H,3-8H2,1-2H3,(H,14,16)(H,18,19). The minimum atomic E-state index is -0.776. The number of carboxylic acids is 1. The lowest BCUT2D eigenvalue weighted by Gasteiger charge is -2.28. The molecular formula is C13H22N2O4. The molecule has 0 aromatic heterocycles. The Morgan fingerprint density at radius 1 is 1.16 bits per heavy atom. The van der Waals surface area contributed by atoms with Crippen LogP contribution in [-0.4, -0.2) is 47.9 Å². The molecule has 1 aliphatic rings. The number of nitrogens with zero attached hydrogens (tertiary/aromatic N) is 1. The SMILES string of the molecule is CCNC(=O)CN(C)C(=O)C1CCC(C(=O)O)CC1. The van der Waals surface area contributed by atoms with Crippen molar-refractivity contribution in [1.82, 2.24) is 10.2 Å². The van der Waals surface area contributed by atoms with E-state index in [-0.39, 0.29) is 30.2 Å². The zero-order valence-corrected chi connectivity index (χ0v) is 11.5. The molecule has 1 rings (SSSR count). The lowest BCUT2D eigenvalue weighted by molar-refractivity contribution is -0.145. The van der Waals surface area contributed by atoms with Crippen molar-refractivity contribution in [3.05, 3.63) is 0 Å². The van der Waals surface area contributed by atoms with Crippen LogP contribution in [0.4, 0.5) is 0 Å². The van der Waals surface area contributed by atoms with E-state index in [9.17, 15) is 14.4 Å². The first-order valence-electron chi connectivity index (χ1n) is 6.70. The normalized spacial score (nSPS) is 22.6.